The highest BCUT2D eigenvalue weighted by atomic mass is 79.9. The Balaban J connectivity index is 2.59. The maximum Gasteiger partial charge on any atom is 0.304 e. The Morgan fingerprint density at radius 2 is 2.06 bits per heavy atom. The zero-order valence-electron chi connectivity index (χ0n) is 9.24. The lowest BCUT2D eigenvalue weighted by atomic mass is 10.0. The lowest BCUT2D eigenvalue weighted by Gasteiger charge is -2.15. The van der Waals surface area contributed by atoms with Crippen molar-refractivity contribution in [3.8, 4) is 0 Å². The van der Waals surface area contributed by atoms with Crippen molar-refractivity contribution in [2.45, 2.75) is 25.8 Å². The number of carboxylic acids is 1. The molecule has 16 heavy (non-hydrogen) atoms. The number of aliphatic carboxylic acids is 1. The number of halogens is 1. The van der Waals surface area contributed by atoms with Gasteiger partial charge >= 0.3 is 5.97 Å². The number of likely N-dealkylation sites (N-methyl/N-ethyl adjacent to an activating group) is 1. The van der Waals surface area contributed by atoms with Crippen LogP contribution in [0.3, 0.4) is 0 Å². The number of carbonyl (C=O) groups is 1. The Kier molecular flexibility index (Phi) is 5.49. The van der Waals surface area contributed by atoms with Crippen molar-refractivity contribution < 1.29 is 9.90 Å². The first-order chi connectivity index (χ1) is 7.61. The van der Waals surface area contributed by atoms with Gasteiger partial charge < -0.3 is 10.4 Å². The van der Waals surface area contributed by atoms with Crippen LogP contribution >= 0.6 is 15.9 Å². The van der Waals surface area contributed by atoms with Crippen LogP contribution in [-0.4, -0.2) is 23.7 Å². The van der Waals surface area contributed by atoms with E-state index >= 15 is 0 Å². The van der Waals surface area contributed by atoms with Gasteiger partial charge in [0.05, 0.1) is 6.42 Å². The van der Waals surface area contributed by atoms with E-state index in [9.17, 15) is 4.79 Å². The number of carboxylic acid groups (broad SMARTS) is 1. The summed E-state index contributed by atoms with van der Waals surface area (Å²) in [5.74, 6) is -0.761. The third-order valence-electron chi connectivity index (χ3n) is 2.31. The molecule has 0 heterocycles. The second-order valence-corrected chi connectivity index (χ2v) is 4.60. The molecule has 1 aromatic carbocycles. The molecule has 0 saturated carbocycles. The number of rotatable bonds is 6. The van der Waals surface area contributed by atoms with Crippen LogP contribution < -0.4 is 5.32 Å². The zero-order chi connectivity index (χ0) is 12.0. The van der Waals surface area contributed by atoms with Crippen molar-refractivity contribution in [1.29, 1.82) is 0 Å². The molecule has 0 aromatic heterocycles. The molecule has 3 nitrogen and oxygen atoms in total. The summed E-state index contributed by atoms with van der Waals surface area (Å²) in [4.78, 5) is 10.7. The van der Waals surface area contributed by atoms with Crippen molar-refractivity contribution in [3.05, 3.63) is 34.3 Å². The highest BCUT2D eigenvalue weighted by molar-refractivity contribution is 9.10. The van der Waals surface area contributed by atoms with Gasteiger partial charge in [0.25, 0.3) is 0 Å². The molecular formula is C12H16BrNO2. The zero-order valence-corrected chi connectivity index (χ0v) is 10.8. The van der Waals surface area contributed by atoms with Gasteiger partial charge in [-0.1, -0.05) is 35.0 Å². The Morgan fingerprint density at radius 3 is 2.56 bits per heavy atom. The lowest BCUT2D eigenvalue weighted by molar-refractivity contribution is -0.137. The Morgan fingerprint density at radius 1 is 1.44 bits per heavy atom. The van der Waals surface area contributed by atoms with Gasteiger partial charge in [-0.2, -0.15) is 0 Å². The van der Waals surface area contributed by atoms with Crippen LogP contribution in [0.4, 0.5) is 0 Å². The third kappa shape index (κ3) is 4.77. The first kappa shape index (κ1) is 13.2. The molecule has 0 aliphatic heterocycles. The number of nitrogens with one attached hydrogen (secondary N) is 1. The molecule has 1 atom stereocenters. The molecule has 0 spiro atoms. The average Bonchev–Trinajstić information content (AvgIpc) is 2.21. The Bertz CT molecular complexity index is 337. The monoisotopic (exact) mass is 285 g/mol. The van der Waals surface area contributed by atoms with Crippen LogP contribution in [0.2, 0.25) is 0 Å². The molecule has 0 radical (unpaired) electrons. The summed E-state index contributed by atoms with van der Waals surface area (Å²) in [5.41, 5.74) is 1.15. The van der Waals surface area contributed by atoms with Crippen LogP contribution in [-0.2, 0) is 11.2 Å². The van der Waals surface area contributed by atoms with E-state index in [-0.39, 0.29) is 12.5 Å². The molecule has 4 heteroatoms. The van der Waals surface area contributed by atoms with E-state index in [1.165, 1.54) is 0 Å². The van der Waals surface area contributed by atoms with E-state index in [1.54, 1.807) is 0 Å². The number of hydrogen-bond acceptors (Lipinski definition) is 2. The molecule has 1 unspecified atom stereocenters. The normalized spacial score (nSPS) is 12.4. The minimum absolute atomic E-state index is 0.00340. The molecule has 88 valence electrons. The van der Waals surface area contributed by atoms with Gasteiger partial charge in [0.1, 0.15) is 0 Å². The summed E-state index contributed by atoms with van der Waals surface area (Å²) >= 11 is 3.37. The third-order valence-corrected chi connectivity index (χ3v) is 2.84. The molecule has 0 amide bonds. The van der Waals surface area contributed by atoms with Crippen molar-refractivity contribution >= 4 is 21.9 Å². The van der Waals surface area contributed by atoms with Crippen LogP contribution in [0.1, 0.15) is 18.9 Å². The van der Waals surface area contributed by atoms with Gasteiger partial charge in [-0.05, 0) is 30.7 Å². The first-order valence-electron chi connectivity index (χ1n) is 5.31. The van der Waals surface area contributed by atoms with Gasteiger partial charge in [0.2, 0.25) is 0 Å². The van der Waals surface area contributed by atoms with Crippen LogP contribution in [0.25, 0.3) is 0 Å². The number of hydrogen-bond donors (Lipinski definition) is 2. The molecule has 0 fully saturated rings. The van der Waals surface area contributed by atoms with Crippen LogP contribution in [0.15, 0.2) is 28.7 Å². The molecule has 0 aliphatic rings. The lowest BCUT2D eigenvalue weighted by Crippen LogP contribution is -2.33. The highest BCUT2D eigenvalue weighted by Gasteiger charge is 2.12. The average molecular weight is 286 g/mol. The maximum atomic E-state index is 10.7. The van der Waals surface area contributed by atoms with E-state index in [0.717, 1.165) is 23.0 Å². The van der Waals surface area contributed by atoms with Crippen molar-refractivity contribution in [2.24, 2.45) is 0 Å². The van der Waals surface area contributed by atoms with E-state index in [4.69, 9.17) is 5.11 Å². The molecule has 1 rings (SSSR count). The second-order valence-electron chi connectivity index (χ2n) is 3.68. The first-order valence-corrected chi connectivity index (χ1v) is 6.10. The van der Waals surface area contributed by atoms with Crippen molar-refractivity contribution in [3.63, 3.8) is 0 Å². The minimum atomic E-state index is -0.761. The topological polar surface area (TPSA) is 49.3 Å². The van der Waals surface area contributed by atoms with Crippen LogP contribution in [0.5, 0.6) is 0 Å². The summed E-state index contributed by atoms with van der Waals surface area (Å²) < 4.78 is 1.04. The fourth-order valence-corrected chi connectivity index (χ4v) is 1.89. The molecule has 0 bridgehead atoms. The van der Waals surface area contributed by atoms with Gasteiger partial charge in [-0.3, -0.25) is 4.79 Å². The molecule has 0 saturated heterocycles. The Labute approximate surface area is 104 Å². The van der Waals surface area contributed by atoms with Crippen LogP contribution in [0, 0.1) is 0 Å². The van der Waals surface area contributed by atoms with E-state index in [0.29, 0.717) is 0 Å². The van der Waals surface area contributed by atoms with E-state index in [1.807, 2.05) is 31.2 Å². The summed E-state index contributed by atoms with van der Waals surface area (Å²) in [6, 6.07) is 7.97. The molecule has 0 aliphatic carbocycles. The van der Waals surface area contributed by atoms with E-state index < -0.39 is 5.97 Å². The molecule has 1 aromatic rings. The van der Waals surface area contributed by atoms with Crippen molar-refractivity contribution in [2.75, 3.05) is 6.54 Å². The maximum absolute atomic E-state index is 10.7. The summed E-state index contributed by atoms with van der Waals surface area (Å²) in [7, 11) is 0. The summed E-state index contributed by atoms with van der Waals surface area (Å²) in [6.07, 6.45) is 0.900. The quantitative estimate of drug-likeness (QED) is 0.844. The fourth-order valence-electron chi connectivity index (χ4n) is 1.62. The predicted molar refractivity (Wildman–Crippen MR) is 67.6 cm³/mol. The Hall–Kier alpha value is -0.870. The standard InChI is InChI=1S/C12H16BrNO2/c1-2-14-11(8-12(15)16)7-9-3-5-10(13)6-4-9/h3-6,11,14H,2,7-8H2,1H3,(H,15,16). The molecular weight excluding hydrogens is 270 g/mol. The largest absolute Gasteiger partial charge is 0.481 e. The molecule has 2 N–H and O–H groups in total. The van der Waals surface area contributed by atoms with E-state index in [2.05, 4.69) is 21.2 Å². The highest BCUT2D eigenvalue weighted by Crippen LogP contribution is 2.12. The SMILES string of the molecule is CCNC(CC(=O)O)Cc1ccc(Br)cc1. The predicted octanol–water partition coefficient (Wildman–Crippen LogP) is 2.44. The summed E-state index contributed by atoms with van der Waals surface area (Å²) in [6.45, 7) is 2.77. The van der Waals surface area contributed by atoms with Gasteiger partial charge in [0, 0.05) is 10.5 Å². The van der Waals surface area contributed by atoms with Gasteiger partial charge in [-0.25, -0.2) is 0 Å². The second kappa shape index (κ2) is 6.66. The fraction of sp³-hybridized carbons (Fsp3) is 0.417. The van der Waals surface area contributed by atoms with Crippen molar-refractivity contribution in [1.82, 2.24) is 5.32 Å². The summed E-state index contributed by atoms with van der Waals surface area (Å²) in [5, 5.41) is 12.0. The minimum Gasteiger partial charge on any atom is -0.481 e. The van der Waals surface area contributed by atoms with Gasteiger partial charge in [0.15, 0.2) is 0 Å². The number of benzene rings is 1. The van der Waals surface area contributed by atoms with Gasteiger partial charge in [-0.15, -0.1) is 0 Å². The smallest absolute Gasteiger partial charge is 0.304 e.